The lowest BCUT2D eigenvalue weighted by atomic mass is 10.1. The molecular formula is C18H19N3O2. The highest BCUT2D eigenvalue weighted by molar-refractivity contribution is 5.94. The molecule has 5 heteroatoms. The van der Waals surface area contributed by atoms with Crippen LogP contribution in [0.3, 0.4) is 0 Å². The molecule has 1 atom stereocenters. The molecule has 2 heterocycles. The van der Waals surface area contributed by atoms with E-state index in [1.54, 1.807) is 17.1 Å². The van der Waals surface area contributed by atoms with E-state index in [1.807, 2.05) is 56.4 Å². The lowest BCUT2D eigenvalue weighted by Gasteiger charge is -2.16. The van der Waals surface area contributed by atoms with Crippen molar-refractivity contribution in [3.63, 3.8) is 0 Å². The van der Waals surface area contributed by atoms with E-state index in [4.69, 9.17) is 4.42 Å². The minimum absolute atomic E-state index is 0.0967. The topological polar surface area (TPSA) is 60.1 Å². The summed E-state index contributed by atoms with van der Waals surface area (Å²) in [5.41, 5.74) is 2.82. The highest BCUT2D eigenvalue weighted by atomic mass is 16.3. The van der Waals surface area contributed by atoms with Crippen molar-refractivity contribution in [1.29, 1.82) is 0 Å². The molecule has 1 N–H and O–H groups in total. The van der Waals surface area contributed by atoms with E-state index >= 15 is 0 Å². The van der Waals surface area contributed by atoms with Crippen molar-refractivity contribution in [2.24, 2.45) is 0 Å². The van der Waals surface area contributed by atoms with Crippen LogP contribution in [-0.4, -0.2) is 22.2 Å². The van der Waals surface area contributed by atoms with Gasteiger partial charge in [0.25, 0.3) is 5.91 Å². The fourth-order valence-corrected chi connectivity index (χ4v) is 2.67. The van der Waals surface area contributed by atoms with Crippen molar-refractivity contribution in [2.75, 3.05) is 6.54 Å². The maximum atomic E-state index is 12.4. The molecule has 0 aliphatic heterocycles. The minimum atomic E-state index is -0.171. The summed E-state index contributed by atoms with van der Waals surface area (Å²) in [6.45, 7) is 4.37. The van der Waals surface area contributed by atoms with Gasteiger partial charge in [-0.15, -0.1) is 0 Å². The van der Waals surface area contributed by atoms with E-state index in [-0.39, 0.29) is 11.9 Å². The molecule has 0 aliphatic carbocycles. The summed E-state index contributed by atoms with van der Waals surface area (Å²) in [7, 11) is 0. The summed E-state index contributed by atoms with van der Waals surface area (Å²) >= 11 is 0. The summed E-state index contributed by atoms with van der Waals surface area (Å²) in [5, 5.41) is 7.23. The molecule has 1 aromatic carbocycles. The molecule has 0 saturated heterocycles. The van der Waals surface area contributed by atoms with Crippen LogP contribution in [-0.2, 0) is 0 Å². The molecule has 3 aromatic rings. The molecule has 2 aromatic heterocycles. The molecule has 3 rings (SSSR count). The standard InChI is InChI=1S/C18H19N3O2/c1-13-9-14(2)11-15(10-13)18(22)19-12-16(17-5-3-8-23-17)21-7-4-6-20-21/h3-11,16H,12H2,1-2H3,(H,19,22). The van der Waals surface area contributed by atoms with Crippen LogP contribution in [0.15, 0.2) is 59.5 Å². The lowest BCUT2D eigenvalue weighted by Crippen LogP contribution is -2.31. The number of benzene rings is 1. The molecule has 0 saturated carbocycles. The Kier molecular flexibility index (Phi) is 4.28. The number of carbonyl (C=O) groups excluding carboxylic acids is 1. The number of amides is 1. The zero-order valence-electron chi connectivity index (χ0n) is 13.2. The van der Waals surface area contributed by atoms with Gasteiger partial charge < -0.3 is 9.73 Å². The molecule has 0 bridgehead atoms. The van der Waals surface area contributed by atoms with Crippen LogP contribution in [0.2, 0.25) is 0 Å². The Morgan fingerprint density at radius 2 is 2.04 bits per heavy atom. The Morgan fingerprint density at radius 1 is 1.26 bits per heavy atom. The fourth-order valence-electron chi connectivity index (χ4n) is 2.67. The molecule has 0 fully saturated rings. The lowest BCUT2D eigenvalue weighted by molar-refractivity contribution is 0.0948. The Bertz CT molecular complexity index is 722. The van der Waals surface area contributed by atoms with Crippen molar-refractivity contribution in [1.82, 2.24) is 15.1 Å². The molecule has 0 aliphatic rings. The molecule has 118 valence electrons. The van der Waals surface area contributed by atoms with E-state index in [0.717, 1.165) is 16.9 Å². The second-order valence-corrected chi connectivity index (χ2v) is 5.60. The van der Waals surface area contributed by atoms with Crippen molar-refractivity contribution in [3.05, 3.63) is 77.5 Å². The first-order chi connectivity index (χ1) is 11.1. The highest BCUT2D eigenvalue weighted by Gasteiger charge is 2.18. The van der Waals surface area contributed by atoms with Gasteiger partial charge in [0.2, 0.25) is 0 Å². The normalized spacial score (nSPS) is 12.1. The quantitative estimate of drug-likeness (QED) is 0.788. The summed E-state index contributed by atoms with van der Waals surface area (Å²) in [5.74, 6) is 0.662. The van der Waals surface area contributed by atoms with E-state index in [0.29, 0.717) is 12.1 Å². The predicted molar refractivity (Wildman–Crippen MR) is 87.3 cm³/mol. The van der Waals surface area contributed by atoms with Gasteiger partial charge in [-0.2, -0.15) is 5.10 Å². The number of aryl methyl sites for hydroxylation is 2. The summed E-state index contributed by atoms with van der Waals surface area (Å²) < 4.78 is 7.26. The third kappa shape index (κ3) is 3.51. The molecular weight excluding hydrogens is 290 g/mol. The van der Waals surface area contributed by atoms with E-state index < -0.39 is 0 Å². The number of aromatic nitrogens is 2. The van der Waals surface area contributed by atoms with Crippen LogP contribution in [0.25, 0.3) is 0 Å². The number of hydrogen-bond donors (Lipinski definition) is 1. The number of hydrogen-bond acceptors (Lipinski definition) is 3. The Balaban J connectivity index is 1.75. The minimum Gasteiger partial charge on any atom is -0.467 e. The Hall–Kier alpha value is -2.82. The van der Waals surface area contributed by atoms with E-state index in [2.05, 4.69) is 10.4 Å². The predicted octanol–water partition coefficient (Wildman–Crippen LogP) is 3.11. The van der Waals surface area contributed by atoms with Gasteiger partial charge in [-0.3, -0.25) is 9.48 Å². The van der Waals surface area contributed by atoms with Crippen molar-refractivity contribution in [3.8, 4) is 0 Å². The van der Waals surface area contributed by atoms with Gasteiger partial charge in [0, 0.05) is 24.5 Å². The van der Waals surface area contributed by atoms with Gasteiger partial charge in [-0.25, -0.2) is 0 Å². The number of furan rings is 1. The smallest absolute Gasteiger partial charge is 0.251 e. The zero-order valence-corrected chi connectivity index (χ0v) is 13.2. The third-order valence-electron chi connectivity index (χ3n) is 3.66. The maximum Gasteiger partial charge on any atom is 0.251 e. The number of carbonyl (C=O) groups is 1. The first-order valence-electron chi connectivity index (χ1n) is 7.52. The van der Waals surface area contributed by atoms with Gasteiger partial charge in [0.1, 0.15) is 11.8 Å². The molecule has 1 amide bonds. The molecule has 23 heavy (non-hydrogen) atoms. The van der Waals surface area contributed by atoms with Gasteiger partial charge >= 0.3 is 0 Å². The molecule has 5 nitrogen and oxygen atoms in total. The summed E-state index contributed by atoms with van der Waals surface area (Å²) in [6.07, 6.45) is 5.19. The second kappa shape index (κ2) is 6.52. The summed E-state index contributed by atoms with van der Waals surface area (Å²) in [6, 6.07) is 11.2. The van der Waals surface area contributed by atoms with Crippen LogP contribution in [0.5, 0.6) is 0 Å². The van der Waals surface area contributed by atoms with E-state index in [9.17, 15) is 4.79 Å². The van der Waals surface area contributed by atoms with Crippen LogP contribution < -0.4 is 5.32 Å². The number of nitrogens with zero attached hydrogens (tertiary/aromatic N) is 2. The Labute approximate surface area is 134 Å². The molecule has 1 unspecified atom stereocenters. The third-order valence-corrected chi connectivity index (χ3v) is 3.66. The van der Waals surface area contributed by atoms with Crippen molar-refractivity contribution >= 4 is 5.91 Å². The van der Waals surface area contributed by atoms with Gasteiger partial charge in [-0.05, 0) is 44.2 Å². The van der Waals surface area contributed by atoms with Gasteiger partial charge in [-0.1, -0.05) is 17.2 Å². The van der Waals surface area contributed by atoms with Gasteiger partial charge in [0.15, 0.2) is 0 Å². The first kappa shape index (κ1) is 15.1. The van der Waals surface area contributed by atoms with Crippen LogP contribution >= 0.6 is 0 Å². The largest absolute Gasteiger partial charge is 0.467 e. The number of nitrogens with one attached hydrogen (secondary N) is 1. The summed E-state index contributed by atoms with van der Waals surface area (Å²) in [4.78, 5) is 12.4. The fraction of sp³-hybridized carbons (Fsp3) is 0.222. The average molecular weight is 309 g/mol. The number of rotatable bonds is 5. The first-order valence-corrected chi connectivity index (χ1v) is 7.52. The molecule has 0 radical (unpaired) electrons. The second-order valence-electron chi connectivity index (χ2n) is 5.60. The zero-order chi connectivity index (χ0) is 16.2. The van der Waals surface area contributed by atoms with Crippen LogP contribution in [0, 0.1) is 13.8 Å². The van der Waals surface area contributed by atoms with Crippen LogP contribution in [0.1, 0.15) is 33.3 Å². The van der Waals surface area contributed by atoms with Crippen molar-refractivity contribution in [2.45, 2.75) is 19.9 Å². The maximum absolute atomic E-state index is 12.4. The SMILES string of the molecule is Cc1cc(C)cc(C(=O)NCC(c2ccco2)n2cccn2)c1. The van der Waals surface area contributed by atoms with Crippen LogP contribution in [0.4, 0.5) is 0 Å². The van der Waals surface area contributed by atoms with Crippen molar-refractivity contribution < 1.29 is 9.21 Å². The average Bonchev–Trinajstić information content (AvgIpc) is 3.20. The molecule has 0 spiro atoms. The van der Waals surface area contributed by atoms with E-state index in [1.165, 1.54) is 0 Å². The van der Waals surface area contributed by atoms with Gasteiger partial charge in [0.05, 0.1) is 6.26 Å². The monoisotopic (exact) mass is 309 g/mol. The highest BCUT2D eigenvalue weighted by Crippen LogP contribution is 2.17. The Morgan fingerprint density at radius 3 is 2.65 bits per heavy atom.